The summed E-state index contributed by atoms with van der Waals surface area (Å²) in [5, 5.41) is 2.57. The molecule has 2 rings (SSSR count). The molecule has 2 aromatic rings. The Kier molecular flexibility index (Phi) is 7.68. The number of hydrogen-bond acceptors (Lipinski definition) is 5. The van der Waals surface area contributed by atoms with Crippen molar-refractivity contribution in [3.8, 4) is 5.75 Å². The van der Waals surface area contributed by atoms with Crippen LogP contribution in [0, 0.1) is 5.82 Å². The molecule has 0 aromatic heterocycles. The van der Waals surface area contributed by atoms with E-state index in [2.05, 4.69) is 5.32 Å². The number of nitrogens with one attached hydrogen (secondary N) is 1. The number of amides is 1. The second-order valence-electron chi connectivity index (χ2n) is 6.23. The summed E-state index contributed by atoms with van der Waals surface area (Å²) in [4.78, 5) is 35.7. The fourth-order valence-corrected chi connectivity index (χ4v) is 2.57. The number of methoxy groups -OCH3 is 1. The highest BCUT2D eigenvalue weighted by molar-refractivity contribution is 5.89. The average molecular weight is 387 g/mol. The van der Waals surface area contributed by atoms with Crippen LogP contribution >= 0.6 is 0 Å². The van der Waals surface area contributed by atoms with Gasteiger partial charge in [0.1, 0.15) is 0 Å². The Labute approximate surface area is 162 Å². The summed E-state index contributed by atoms with van der Waals surface area (Å²) >= 11 is 0. The molecule has 1 atom stereocenters. The molecule has 6 nitrogen and oxygen atoms in total. The van der Waals surface area contributed by atoms with Crippen molar-refractivity contribution in [2.24, 2.45) is 0 Å². The smallest absolute Gasteiger partial charge is 0.310 e. The number of ketones is 1. The van der Waals surface area contributed by atoms with Gasteiger partial charge in [-0.15, -0.1) is 0 Å². The van der Waals surface area contributed by atoms with E-state index in [4.69, 9.17) is 9.47 Å². The van der Waals surface area contributed by atoms with Gasteiger partial charge in [0.15, 0.2) is 24.0 Å². The van der Waals surface area contributed by atoms with Crippen molar-refractivity contribution < 1.29 is 28.2 Å². The maximum absolute atomic E-state index is 13.6. The molecule has 0 radical (unpaired) electrons. The Hall–Kier alpha value is -3.22. The lowest BCUT2D eigenvalue weighted by Gasteiger charge is -2.16. The molecular formula is C21H22FNO5. The highest BCUT2D eigenvalue weighted by Gasteiger charge is 2.18. The molecule has 2 aromatic carbocycles. The van der Waals surface area contributed by atoms with Gasteiger partial charge in [0.2, 0.25) is 0 Å². The minimum atomic E-state index is -0.704. The zero-order valence-electron chi connectivity index (χ0n) is 15.7. The van der Waals surface area contributed by atoms with Crippen molar-refractivity contribution in [2.75, 3.05) is 13.7 Å². The van der Waals surface area contributed by atoms with Gasteiger partial charge in [0.25, 0.3) is 5.91 Å². The van der Waals surface area contributed by atoms with Crippen LogP contribution < -0.4 is 10.1 Å². The number of halogens is 1. The van der Waals surface area contributed by atoms with Crippen molar-refractivity contribution in [2.45, 2.75) is 25.8 Å². The van der Waals surface area contributed by atoms with Crippen molar-refractivity contribution in [3.63, 3.8) is 0 Å². The number of benzene rings is 2. The minimum Gasteiger partial charge on any atom is -0.494 e. The molecule has 1 amide bonds. The second-order valence-corrected chi connectivity index (χ2v) is 6.23. The highest BCUT2D eigenvalue weighted by atomic mass is 19.1. The first-order valence-electron chi connectivity index (χ1n) is 8.71. The predicted octanol–water partition coefficient (Wildman–Crippen LogP) is 2.24. The SMILES string of the molecule is COc1ccc(CC(=O)OCC(=O)N[C@@H](Cc2ccccc2)C(C)=O)cc1F. The van der Waals surface area contributed by atoms with E-state index in [0.717, 1.165) is 5.56 Å². The second kappa shape index (κ2) is 10.2. The van der Waals surface area contributed by atoms with E-state index in [1.807, 2.05) is 30.3 Å². The largest absolute Gasteiger partial charge is 0.494 e. The molecule has 0 saturated carbocycles. The van der Waals surface area contributed by atoms with Crippen LogP contribution in [0.25, 0.3) is 0 Å². The quantitative estimate of drug-likeness (QED) is 0.668. The molecule has 0 aliphatic heterocycles. The van der Waals surface area contributed by atoms with Crippen molar-refractivity contribution in [3.05, 3.63) is 65.5 Å². The normalized spacial score (nSPS) is 11.4. The number of Topliss-reactive ketones (excluding diaryl/α,β-unsaturated/α-hetero) is 1. The summed E-state index contributed by atoms with van der Waals surface area (Å²) in [7, 11) is 1.34. The molecular weight excluding hydrogens is 365 g/mol. The summed E-state index contributed by atoms with van der Waals surface area (Å²) < 4.78 is 23.4. The van der Waals surface area contributed by atoms with Gasteiger partial charge in [-0.05, 0) is 36.6 Å². The molecule has 0 spiro atoms. The van der Waals surface area contributed by atoms with Crippen LogP contribution in [-0.4, -0.2) is 37.4 Å². The lowest BCUT2D eigenvalue weighted by atomic mass is 10.0. The number of esters is 1. The van der Waals surface area contributed by atoms with E-state index in [9.17, 15) is 18.8 Å². The van der Waals surface area contributed by atoms with E-state index < -0.39 is 30.3 Å². The maximum Gasteiger partial charge on any atom is 0.310 e. The monoisotopic (exact) mass is 387 g/mol. The van der Waals surface area contributed by atoms with Gasteiger partial charge in [-0.2, -0.15) is 0 Å². The molecule has 1 N–H and O–H groups in total. The first-order valence-corrected chi connectivity index (χ1v) is 8.71. The van der Waals surface area contributed by atoms with E-state index in [1.54, 1.807) is 0 Å². The standard InChI is InChI=1S/C21H22FNO5/c1-14(24)18(11-15-6-4-3-5-7-15)23-20(25)13-28-21(26)12-16-8-9-19(27-2)17(22)10-16/h3-10,18H,11-13H2,1-2H3,(H,23,25)/t18-/m0/s1. The van der Waals surface area contributed by atoms with Crippen LogP contribution in [0.1, 0.15) is 18.1 Å². The van der Waals surface area contributed by atoms with Crippen molar-refractivity contribution in [1.29, 1.82) is 0 Å². The van der Waals surface area contributed by atoms with Gasteiger partial charge in [-0.25, -0.2) is 4.39 Å². The van der Waals surface area contributed by atoms with E-state index >= 15 is 0 Å². The van der Waals surface area contributed by atoms with Crippen LogP contribution in [0.4, 0.5) is 4.39 Å². The lowest BCUT2D eigenvalue weighted by molar-refractivity contribution is -0.148. The Morgan fingerprint density at radius 3 is 2.39 bits per heavy atom. The zero-order valence-corrected chi connectivity index (χ0v) is 15.7. The fraction of sp³-hybridized carbons (Fsp3) is 0.286. The van der Waals surface area contributed by atoms with Gasteiger partial charge >= 0.3 is 5.97 Å². The van der Waals surface area contributed by atoms with Crippen molar-refractivity contribution in [1.82, 2.24) is 5.32 Å². The van der Waals surface area contributed by atoms with Gasteiger partial charge in [-0.1, -0.05) is 36.4 Å². The lowest BCUT2D eigenvalue weighted by Crippen LogP contribution is -2.43. The van der Waals surface area contributed by atoms with E-state index in [0.29, 0.717) is 12.0 Å². The van der Waals surface area contributed by atoms with Crippen LogP contribution in [0.2, 0.25) is 0 Å². The van der Waals surface area contributed by atoms with Crippen LogP contribution in [-0.2, 0) is 32.0 Å². The van der Waals surface area contributed by atoms with Crippen molar-refractivity contribution >= 4 is 17.7 Å². The molecule has 0 saturated heterocycles. The van der Waals surface area contributed by atoms with E-state index in [1.165, 1.54) is 32.2 Å². The number of carbonyl (C=O) groups excluding carboxylic acids is 3. The summed E-state index contributed by atoms with van der Waals surface area (Å²) in [5.41, 5.74) is 1.30. The Bertz CT molecular complexity index is 838. The summed E-state index contributed by atoms with van der Waals surface area (Å²) in [6.07, 6.45) is 0.162. The third kappa shape index (κ3) is 6.50. The number of ether oxygens (including phenoxy) is 2. The molecule has 148 valence electrons. The molecule has 0 bridgehead atoms. The molecule has 28 heavy (non-hydrogen) atoms. The van der Waals surface area contributed by atoms with Crippen LogP contribution in [0.5, 0.6) is 5.75 Å². The average Bonchev–Trinajstić information content (AvgIpc) is 2.67. The minimum absolute atomic E-state index is 0.0742. The molecule has 0 aliphatic carbocycles. The van der Waals surface area contributed by atoms with Crippen LogP contribution in [0.3, 0.4) is 0 Å². The Morgan fingerprint density at radius 1 is 1.07 bits per heavy atom. The molecule has 0 unspecified atom stereocenters. The number of rotatable bonds is 9. The Morgan fingerprint density at radius 2 is 1.79 bits per heavy atom. The predicted molar refractivity (Wildman–Crippen MR) is 100 cm³/mol. The topological polar surface area (TPSA) is 81.7 Å². The first-order chi connectivity index (χ1) is 13.4. The fourth-order valence-electron chi connectivity index (χ4n) is 2.57. The zero-order chi connectivity index (χ0) is 20.5. The third-order valence-electron chi connectivity index (χ3n) is 4.04. The first kappa shape index (κ1) is 21.1. The maximum atomic E-state index is 13.6. The van der Waals surface area contributed by atoms with Gasteiger partial charge < -0.3 is 14.8 Å². The summed E-state index contributed by atoms with van der Waals surface area (Å²) in [6.45, 7) is 0.869. The molecule has 0 fully saturated rings. The van der Waals surface area contributed by atoms with Crippen LogP contribution in [0.15, 0.2) is 48.5 Å². The highest BCUT2D eigenvalue weighted by Crippen LogP contribution is 2.18. The summed E-state index contributed by atoms with van der Waals surface area (Å²) in [5.74, 6) is -1.97. The number of carbonyl (C=O) groups is 3. The van der Waals surface area contributed by atoms with Gasteiger partial charge in [0, 0.05) is 0 Å². The van der Waals surface area contributed by atoms with Gasteiger partial charge in [0.05, 0.1) is 19.6 Å². The number of hydrogen-bond donors (Lipinski definition) is 1. The molecule has 7 heteroatoms. The van der Waals surface area contributed by atoms with Gasteiger partial charge in [-0.3, -0.25) is 14.4 Å². The summed E-state index contributed by atoms with van der Waals surface area (Å²) in [6, 6.07) is 12.7. The molecule has 0 heterocycles. The van der Waals surface area contributed by atoms with E-state index in [-0.39, 0.29) is 18.0 Å². The Balaban J connectivity index is 1.83. The molecule has 0 aliphatic rings. The third-order valence-corrected chi connectivity index (χ3v) is 4.04.